The van der Waals surface area contributed by atoms with Gasteiger partial charge in [-0.1, -0.05) is 6.92 Å². The van der Waals surface area contributed by atoms with E-state index in [0.29, 0.717) is 5.92 Å². The molecule has 0 spiro atoms. The molecule has 5 nitrogen and oxygen atoms in total. The highest BCUT2D eigenvalue weighted by atomic mass is 32.2. The van der Waals surface area contributed by atoms with Crippen LogP contribution in [0.2, 0.25) is 0 Å². The molecule has 1 aromatic carbocycles. The van der Waals surface area contributed by atoms with Gasteiger partial charge in [0.15, 0.2) is 0 Å². The first-order chi connectivity index (χ1) is 8.38. The normalized spacial score (nSPS) is 25.2. The molecule has 1 aromatic rings. The maximum atomic E-state index is 11.2. The first-order valence-corrected chi connectivity index (χ1v) is 7.56. The molecular formula is C12H19N3O2S. The van der Waals surface area contributed by atoms with Gasteiger partial charge in [-0.25, -0.2) is 13.6 Å². The largest absolute Gasteiger partial charge is 0.370 e. The molecule has 2 rings (SSSR count). The van der Waals surface area contributed by atoms with Gasteiger partial charge >= 0.3 is 0 Å². The number of primary sulfonamides is 1. The van der Waals surface area contributed by atoms with Crippen LogP contribution in [0.15, 0.2) is 29.2 Å². The molecule has 4 N–H and O–H groups in total. The van der Waals surface area contributed by atoms with Crippen LogP contribution in [0.25, 0.3) is 0 Å². The maximum absolute atomic E-state index is 11.2. The summed E-state index contributed by atoms with van der Waals surface area (Å²) >= 11 is 0. The number of anilines is 1. The van der Waals surface area contributed by atoms with Gasteiger partial charge in [-0.2, -0.15) is 0 Å². The zero-order valence-corrected chi connectivity index (χ0v) is 11.2. The number of benzene rings is 1. The summed E-state index contributed by atoms with van der Waals surface area (Å²) in [6.45, 7) is 3.91. The average Bonchev–Trinajstić information content (AvgIpc) is 2.32. The topological polar surface area (TPSA) is 89.4 Å². The Morgan fingerprint density at radius 1 is 1.28 bits per heavy atom. The van der Waals surface area contributed by atoms with Crippen molar-refractivity contribution in [3.05, 3.63) is 24.3 Å². The maximum Gasteiger partial charge on any atom is 0.238 e. The SMILES string of the molecule is CC1CCN(c2ccc(S(N)(=O)=O)cc2)CC1N. The molecule has 1 aliphatic rings. The van der Waals surface area contributed by atoms with Crippen LogP contribution in [0.3, 0.4) is 0 Å². The summed E-state index contributed by atoms with van der Waals surface area (Å²) in [4.78, 5) is 2.32. The fourth-order valence-electron chi connectivity index (χ4n) is 2.18. The molecule has 1 fully saturated rings. The lowest BCUT2D eigenvalue weighted by molar-refractivity contribution is 0.379. The molecule has 0 aliphatic carbocycles. The van der Waals surface area contributed by atoms with Crippen LogP contribution < -0.4 is 15.8 Å². The minimum Gasteiger partial charge on any atom is -0.370 e. The second kappa shape index (κ2) is 4.87. The smallest absolute Gasteiger partial charge is 0.238 e. The minimum atomic E-state index is -3.61. The summed E-state index contributed by atoms with van der Waals surface area (Å²) in [5, 5.41) is 5.06. The first-order valence-electron chi connectivity index (χ1n) is 6.01. The van der Waals surface area contributed by atoms with Crippen molar-refractivity contribution in [1.82, 2.24) is 0 Å². The Hall–Kier alpha value is -1.11. The van der Waals surface area contributed by atoms with E-state index < -0.39 is 10.0 Å². The van der Waals surface area contributed by atoms with E-state index in [4.69, 9.17) is 10.9 Å². The summed E-state index contributed by atoms with van der Waals surface area (Å²) in [5.74, 6) is 0.532. The van der Waals surface area contributed by atoms with Crippen molar-refractivity contribution < 1.29 is 8.42 Å². The summed E-state index contributed by atoms with van der Waals surface area (Å²) in [6.07, 6.45) is 1.05. The van der Waals surface area contributed by atoms with E-state index >= 15 is 0 Å². The van der Waals surface area contributed by atoms with Gasteiger partial charge in [-0.05, 0) is 36.6 Å². The number of hydrogen-bond acceptors (Lipinski definition) is 4. The van der Waals surface area contributed by atoms with Gasteiger partial charge in [0.25, 0.3) is 0 Å². The van der Waals surface area contributed by atoms with E-state index in [9.17, 15) is 8.42 Å². The highest BCUT2D eigenvalue weighted by Crippen LogP contribution is 2.23. The molecule has 0 saturated carbocycles. The predicted octanol–water partition coefficient (Wildman–Crippen LogP) is 0.507. The molecule has 1 aliphatic heterocycles. The molecule has 0 radical (unpaired) electrons. The zero-order chi connectivity index (χ0) is 13.3. The molecule has 0 amide bonds. The Labute approximate surface area is 108 Å². The highest BCUT2D eigenvalue weighted by Gasteiger charge is 2.23. The lowest BCUT2D eigenvalue weighted by Crippen LogP contribution is -2.47. The number of rotatable bonds is 2. The van der Waals surface area contributed by atoms with E-state index in [1.807, 2.05) is 0 Å². The lowest BCUT2D eigenvalue weighted by atomic mass is 9.94. The fourth-order valence-corrected chi connectivity index (χ4v) is 2.70. The third kappa shape index (κ3) is 2.82. The van der Waals surface area contributed by atoms with Crippen LogP contribution in [0.1, 0.15) is 13.3 Å². The third-order valence-electron chi connectivity index (χ3n) is 3.55. The van der Waals surface area contributed by atoms with Gasteiger partial charge in [-0.15, -0.1) is 0 Å². The Morgan fingerprint density at radius 2 is 1.89 bits per heavy atom. The zero-order valence-electron chi connectivity index (χ0n) is 10.4. The molecular weight excluding hydrogens is 250 g/mol. The number of nitrogens with two attached hydrogens (primary N) is 2. The Kier molecular flexibility index (Phi) is 3.61. The van der Waals surface area contributed by atoms with Gasteiger partial charge in [-0.3, -0.25) is 0 Å². The summed E-state index contributed by atoms with van der Waals surface area (Å²) < 4.78 is 22.3. The van der Waals surface area contributed by atoms with Crippen molar-refractivity contribution in [2.45, 2.75) is 24.3 Å². The van der Waals surface area contributed by atoms with Crippen molar-refractivity contribution in [1.29, 1.82) is 0 Å². The van der Waals surface area contributed by atoms with E-state index in [1.165, 1.54) is 12.1 Å². The molecule has 2 atom stereocenters. The van der Waals surface area contributed by atoms with Crippen LogP contribution in [0.4, 0.5) is 5.69 Å². The van der Waals surface area contributed by atoms with Crippen LogP contribution in [-0.4, -0.2) is 27.5 Å². The Morgan fingerprint density at radius 3 is 2.39 bits per heavy atom. The second-order valence-electron chi connectivity index (χ2n) is 4.91. The fraction of sp³-hybridized carbons (Fsp3) is 0.500. The number of hydrogen-bond donors (Lipinski definition) is 2. The second-order valence-corrected chi connectivity index (χ2v) is 6.48. The molecule has 0 bridgehead atoms. The first kappa shape index (κ1) is 13.3. The van der Waals surface area contributed by atoms with Gasteiger partial charge in [0.05, 0.1) is 4.90 Å². The molecule has 1 saturated heterocycles. The van der Waals surface area contributed by atoms with Crippen molar-refractivity contribution >= 4 is 15.7 Å². The Bertz CT molecular complexity index is 513. The van der Waals surface area contributed by atoms with Crippen molar-refractivity contribution in [3.63, 3.8) is 0 Å². The number of nitrogens with zero attached hydrogens (tertiary/aromatic N) is 1. The van der Waals surface area contributed by atoms with E-state index in [2.05, 4.69) is 11.8 Å². The summed E-state index contributed by atoms with van der Waals surface area (Å²) in [7, 11) is -3.61. The summed E-state index contributed by atoms with van der Waals surface area (Å²) in [6, 6.07) is 6.80. The molecule has 18 heavy (non-hydrogen) atoms. The van der Waals surface area contributed by atoms with E-state index in [-0.39, 0.29) is 10.9 Å². The predicted molar refractivity (Wildman–Crippen MR) is 71.8 cm³/mol. The van der Waals surface area contributed by atoms with Gasteiger partial charge in [0.2, 0.25) is 10.0 Å². The summed E-state index contributed by atoms with van der Waals surface area (Å²) in [5.41, 5.74) is 7.04. The van der Waals surface area contributed by atoms with Crippen LogP contribution >= 0.6 is 0 Å². The average molecular weight is 269 g/mol. The number of piperidine rings is 1. The highest BCUT2D eigenvalue weighted by molar-refractivity contribution is 7.89. The standard InChI is InChI=1S/C12H19N3O2S/c1-9-6-7-15(8-12(9)13)10-2-4-11(5-3-10)18(14,16)17/h2-5,9,12H,6-8,13H2,1H3,(H2,14,16,17). The molecule has 6 heteroatoms. The van der Waals surface area contributed by atoms with E-state index in [1.54, 1.807) is 12.1 Å². The quantitative estimate of drug-likeness (QED) is 0.818. The van der Waals surface area contributed by atoms with Crippen LogP contribution in [-0.2, 0) is 10.0 Å². The Balaban J connectivity index is 2.16. The molecule has 100 valence electrons. The lowest BCUT2D eigenvalue weighted by Gasteiger charge is -2.36. The molecule has 2 unspecified atom stereocenters. The number of sulfonamides is 1. The van der Waals surface area contributed by atoms with Crippen LogP contribution in [0, 0.1) is 5.92 Å². The van der Waals surface area contributed by atoms with Crippen molar-refractivity contribution in [2.75, 3.05) is 18.0 Å². The van der Waals surface area contributed by atoms with Crippen molar-refractivity contribution in [3.8, 4) is 0 Å². The molecule has 1 heterocycles. The van der Waals surface area contributed by atoms with Crippen LogP contribution in [0.5, 0.6) is 0 Å². The van der Waals surface area contributed by atoms with E-state index in [0.717, 1.165) is 25.2 Å². The van der Waals surface area contributed by atoms with Gasteiger partial charge < -0.3 is 10.6 Å². The monoisotopic (exact) mass is 269 g/mol. The third-order valence-corrected chi connectivity index (χ3v) is 4.48. The molecule has 0 aromatic heterocycles. The van der Waals surface area contributed by atoms with Gasteiger partial charge in [0.1, 0.15) is 0 Å². The van der Waals surface area contributed by atoms with Crippen molar-refractivity contribution in [2.24, 2.45) is 16.8 Å². The van der Waals surface area contributed by atoms with Gasteiger partial charge in [0, 0.05) is 24.8 Å². The minimum absolute atomic E-state index is 0.140.